The maximum absolute atomic E-state index is 13.4. The van der Waals surface area contributed by atoms with Crippen LogP contribution in [-0.4, -0.2) is 66.8 Å². The Kier molecular flexibility index (Phi) is 6.17. The minimum Gasteiger partial charge on any atom is -0.330 e. The van der Waals surface area contributed by atoms with E-state index in [1.54, 1.807) is 6.07 Å². The molecule has 8 heteroatoms. The summed E-state index contributed by atoms with van der Waals surface area (Å²) in [6, 6.07) is 13.4. The Morgan fingerprint density at radius 1 is 1.19 bits per heavy atom. The normalized spacial score (nSPS) is 17.9. The van der Waals surface area contributed by atoms with E-state index in [4.69, 9.17) is 0 Å². The van der Waals surface area contributed by atoms with Gasteiger partial charge in [-0.15, -0.1) is 11.3 Å². The molecular weight excluding hydrogens is 422 g/mol. The zero-order valence-electron chi connectivity index (χ0n) is 18.9. The summed E-state index contributed by atoms with van der Waals surface area (Å²) >= 11 is 1.39. The first-order chi connectivity index (χ1) is 15.3. The second-order valence-corrected chi connectivity index (χ2v) is 9.82. The van der Waals surface area contributed by atoms with E-state index in [1.165, 1.54) is 11.3 Å². The fourth-order valence-corrected chi connectivity index (χ4v) is 4.89. The molecule has 3 amide bonds. The first kappa shape index (κ1) is 22.2. The molecule has 2 aliphatic heterocycles. The number of urea groups is 1. The molecule has 1 aromatic carbocycles. The number of benzene rings is 1. The van der Waals surface area contributed by atoms with E-state index in [1.807, 2.05) is 74.6 Å². The van der Waals surface area contributed by atoms with Crippen LogP contribution in [0.5, 0.6) is 0 Å². The van der Waals surface area contributed by atoms with E-state index in [-0.39, 0.29) is 18.0 Å². The fraction of sp³-hybridized carbons (Fsp3) is 0.375. The summed E-state index contributed by atoms with van der Waals surface area (Å²) in [6.07, 6.45) is 0. The Bertz CT molecular complexity index is 1060. The second kappa shape index (κ2) is 8.88. The van der Waals surface area contributed by atoms with E-state index in [2.05, 4.69) is 20.5 Å². The number of carbonyl (C=O) groups is 2. The molecule has 168 valence electrons. The molecule has 3 heterocycles. The summed E-state index contributed by atoms with van der Waals surface area (Å²) in [5.41, 5.74) is 2.60. The Labute approximate surface area is 192 Å². The quantitative estimate of drug-likeness (QED) is 0.732. The smallest absolute Gasteiger partial charge is 0.318 e. The van der Waals surface area contributed by atoms with Crippen LogP contribution in [0.1, 0.15) is 35.1 Å². The van der Waals surface area contributed by atoms with Crippen LogP contribution in [0.15, 0.2) is 64.0 Å². The SMILES string of the molecule is CN(C)C[C@@H](NC(=O)N1CC2=C(CN=C2NC(=O)c2cccs2)C1(C)C)c1ccccc1. The van der Waals surface area contributed by atoms with E-state index in [0.29, 0.717) is 30.3 Å². The van der Waals surface area contributed by atoms with Gasteiger partial charge in [0.2, 0.25) is 0 Å². The van der Waals surface area contributed by atoms with E-state index in [9.17, 15) is 9.59 Å². The maximum atomic E-state index is 13.4. The monoisotopic (exact) mass is 451 g/mol. The predicted molar refractivity (Wildman–Crippen MR) is 128 cm³/mol. The number of amidine groups is 1. The zero-order chi connectivity index (χ0) is 22.9. The molecule has 2 aromatic rings. The van der Waals surface area contributed by atoms with Crippen molar-refractivity contribution in [2.45, 2.75) is 25.4 Å². The number of rotatable bonds is 5. The minimum atomic E-state index is -0.488. The lowest BCUT2D eigenvalue weighted by Gasteiger charge is -2.36. The Morgan fingerprint density at radius 2 is 1.94 bits per heavy atom. The molecule has 1 atom stereocenters. The van der Waals surface area contributed by atoms with Crippen LogP contribution in [-0.2, 0) is 0 Å². The van der Waals surface area contributed by atoms with Crippen molar-refractivity contribution in [3.63, 3.8) is 0 Å². The van der Waals surface area contributed by atoms with Crippen molar-refractivity contribution < 1.29 is 9.59 Å². The molecular formula is C24H29N5O2S. The summed E-state index contributed by atoms with van der Waals surface area (Å²) in [6.45, 7) is 5.68. The van der Waals surface area contributed by atoms with Gasteiger partial charge in [-0.05, 0) is 50.5 Å². The summed E-state index contributed by atoms with van der Waals surface area (Å²) in [4.78, 5) is 35.1. The third-order valence-corrected chi connectivity index (χ3v) is 6.91. The molecule has 0 aliphatic carbocycles. The number of aliphatic imine (C=N–C) groups is 1. The molecule has 7 nitrogen and oxygen atoms in total. The van der Waals surface area contributed by atoms with Crippen molar-refractivity contribution in [2.24, 2.45) is 4.99 Å². The topological polar surface area (TPSA) is 77.0 Å². The zero-order valence-corrected chi connectivity index (χ0v) is 19.7. The van der Waals surface area contributed by atoms with Crippen LogP contribution in [0.25, 0.3) is 0 Å². The molecule has 32 heavy (non-hydrogen) atoms. The van der Waals surface area contributed by atoms with Crippen LogP contribution in [0.2, 0.25) is 0 Å². The van der Waals surface area contributed by atoms with Crippen molar-refractivity contribution in [1.82, 2.24) is 20.4 Å². The Balaban J connectivity index is 1.49. The standard InChI is InChI=1S/C24H29N5O2S/c1-24(2)18-13-25-21(27-22(30)20-11-8-12-32-20)17(18)14-29(24)23(31)26-19(15-28(3)4)16-9-6-5-7-10-16/h5-12,19H,13-15H2,1-4H3,(H,26,31)(H,25,27,30)/t19-/m1/s1. The third-order valence-electron chi connectivity index (χ3n) is 6.04. The van der Waals surface area contributed by atoms with Crippen molar-refractivity contribution in [1.29, 1.82) is 0 Å². The highest BCUT2D eigenvalue weighted by atomic mass is 32.1. The minimum absolute atomic E-state index is 0.121. The van der Waals surface area contributed by atoms with Gasteiger partial charge in [0, 0.05) is 12.1 Å². The van der Waals surface area contributed by atoms with Gasteiger partial charge >= 0.3 is 6.03 Å². The van der Waals surface area contributed by atoms with Crippen LogP contribution >= 0.6 is 11.3 Å². The largest absolute Gasteiger partial charge is 0.330 e. The molecule has 4 rings (SSSR count). The van der Waals surface area contributed by atoms with Gasteiger partial charge in [-0.1, -0.05) is 36.4 Å². The van der Waals surface area contributed by atoms with Gasteiger partial charge < -0.3 is 20.4 Å². The summed E-state index contributed by atoms with van der Waals surface area (Å²) in [7, 11) is 3.99. The highest BCUT2D eigenvalue weighted by molar-refractivity contribution is 7.12. The average molecular weight is 452 g/mol. The van der Waals surface area contributed by atoms with Gasteiger partial charge in [-0.3, -0.25) is 9.79 Å². The average Bonchev–Trinajstić information content (AvgIpc) is 3.47. The lowest BCUT2D eigenvalue weighted by Crippen LogP contribution is -2.52. The molecule has 0 radical (unpaired) electrons. The van der Waals surface area contributed by atoms with Crippen molar-refractivity contribution >= 4 is 29.1 Å². The van der Waals surface area contributed by atoms with E-state index < -0.39 is 5.54 Å². The van der Waals surface area contributed by atoms with Crippen LogP contribution in [0.4, 0.5) is 4.79 Å². The lowest BCUT2D eigenvalue weighted by atomic mass is 9.94. The molecule has 0 bridgehead atoms. The molecule has 0 saturated heterocycles. The van der Waals surface area contributed by atoms with Crippen molar-refractivity contribution in [3.8, 4) is 0 Å². The summed E-state index contributed by atoms with van der Waals surface area (Å²) < 4.78 is 0. The molecule has 2 N–H and O–H groups in total. The number of likely N-dealkylation sites (N-methyl/N-ethyl adjacent to an activating group) is 1. The van der Waals surface area contributed by atoms with Gasteiger partial charge in [-0.25, -0.2) is 4.79 Å². The van der Waals surface area contributed by atoms with Crippen molar-refractivity contribution in [3.05, 3.63) is 69.4 Å². The van der Waals surface area contributed by atoms with Gasteiger partial charge in [0.05, 0.1) is 29.5 Å². The molecule has 0 fully saturated rings. The number of carbonyl (C=O) groups excluding carboxylic acids is 2. The number of hydrogen-bond acceptors (Lipinski definition) is 5. The third kappa shape index (κ3) is 4.33. The van der Waals surface area contributed by atoms with Crippen molar-refractivity contribution in [2.75, 3.05) is 33.7 Å². The summed E-state index contributed by atoms with van der Waals surface area (Å²) in [5, 5.41) is 8.04. The highest BCUT2D eigenvalue weighted by Crippen LogP contribution is 2.38. The molecule has 1 aromatic heterocycles. The number of thiophene rings is 1. The van der Waals surface area contributed by atoms with Crippen LogP contribution in [0.3, 0.4) is 0 Å². The number of nitrogens with one attached hydrogen (secondary N) is 2. The number of amides is 3. The predicted octanol–water partition coefficient (Wildman–Crippen LogP) is 3.29. The Morgan fingerprint density at radius 3 is 2.59 bits per heavy atom. The molecule has 0 saturated carbocycles. The second-order valence-electron chi connectivity index (χ2n) is 8.87. The summed E-state index contributed by atoms with van der Waals surface area (Å²) in [5.74, 6) is 0.415. The van der Waals surface area contributed by atoms with Gasteiger partial charge in [0.1, 0.15) is 5.84 Å². The van der Waals surface area contributed by atoms with E-state index in [0.717, 1.165) is 16.7 Å². The Hall–Kier alpha value is -2.97. The lowest BCUT2D eigenvalue weighted by molar-refractivity contribution is 0.0981. The maximum Gasteiger partial charge on any atom is 0.318 e. The molecule has 2 aliphatic rings. The van der Waals surface area contributed by atoms with Gasteiger partial charge in [0.25, 0.3) is 5.91 Å². The molecule has 0 spiro atoms. The van der Waals surface area contributed by atoms with Gasteiger partial charge in [0.15, 0.2) is 0 Å². The molecule has 0 unspecified atom stereocenters. The van der Waals surface area contributed by atoms with E-state index >= 15 is 0 Å². The van der Waals surface area contributed by atoms with Gasteiger partial charge in [-0.2, -0.15) is 0 Å². The first-order valence-corrected chi connectivity index (χ1v) is 11.6. The fourth-order valence-electron chi connectivity index (χ4n) is 4.27. The van der Waals surface area contributed by atoms with Crippen LogP contribution < -0.4 is 10.6 Å². The first-order valence-electron chi connectivity index (χ1n) is 10.7. The highest BCUT2D eigenvalue weighted by Gasteiger charge is 2.46. The number of hydrogen-bond donors (Lipinski definition) is 2. The number of nitrogens with zero attached hydrogens (tertiary/aromatic N) is 3. The van der Waals surface area contributed by atoms with Crippen LogP contribution in [0, 0.1) is 0 Å².